The van der Waals surface area contributed by atoms with Gasteiger partial charge in [-0.05, 0) is 57.6 Å². The second-order valence-electron chi connectivity index (χ2n) is 8.51. The van der Waals surface area contributed by atoms with Crippen molar-refractivity contribution < 1.29 is 23.5 Å². The molecule has 2 aliphatic rings. The molecule has 2 amide bonds. The van der Waals surface area contributed by atoms with E-state index in [4.69, 9.17) is 21.1 Å². The van der Waals surface area contributed by atoms with Crippen molar-refractivity contribution in [3.8, 4) is 5.75 Å². The number of ether oxygens (including phenoxy) is 2. The van der Waals surface area contributed by atoms with Gasteiger partial charge in [-0.1, -0.05) is 11.6 Å². The molecule has 1 aliphatic heterocycles. The lowest BCUT2D eigenvalue weighted by molar-refractivity contribution is -0.123. The summed E-state index contributed by atoms with van der Waals surface area (Å²) >= 11 is 5.62. The van der Waals surface area contributed by atoms with Gasteiger partial charge in [-0.2, -0.15) is 0 Å². The highest BCUT2D eigenvalue weighted by atomic mass is 35.5. The molecule has 0 unspecified atom stereocenters. The SMILES string of the molecule is CC(C)(C)OC(=O)N1C[C@H]2C[C@H](NC(=O)COc3ccc(Cl)c(F)c3)C[C@H]2C1. The molecular formula is C20H26ClFN2O4. The van der Waals surface area contributed by atoms with Crippen LogP contribution in [0.1, 0.15) is 33.6 Å². The van der Waals surface area contributed by atoms with Gasteiger partial charge in [0, 0.05) is 25.2 Å². The van der Waals surface area contributed by atoms with Gasteiger partial charge in [-0.3, -0.25) is 4.79 Å². The van der Waals surface area contributed by atoms with Gasteiger partial charge in [0.2, 0.25) is 0 Å². The van der Waals surface area contributed by atoms with Crippen molar-refractivity contribution in [3.05, 3.63) is 29.0 Å². The van der Waals surface area contributed by atoms with Crippen LogP contribution >= 0.6 is 11.6 Å². The summed E-state index contributed by atoms with van der Waals surface area (Å²) in [6.07, 6.45) is 1.38. The molecule has 1 aromatic rings. The molecule has 0 aromatic heterocycles. The number of nitrogens with one attached hydrogen (secondary N) is 1. The van der Waals surface area contributed by atoms with Crippen LogP contribution in [0.5, 0.6) is 5.75 Å². The van der Waals surface area contributed by atoms with Crippen molar-refractivity contribution in [2.45, 2.75) is 45.3 Å². The molecule has 1 aromatic carbocycles. The van der Waals surface area contributed by atoms with E-state index < -0.39 is 11.4 Å². The highest BCUT2D eigenvalue weighted by molar-refractivity contribution is 6.30. The van der Waals surface area contributed by atoms with Crippen LogP contribution < -0.4 is 10.1 Å². The van der Waals surface area contributed by atoms with E-state index in [1.807, 2.05) is 20.8 Å². The molecule has 0 radical (unpaired) electrons. The Labute approximate surface area is 169 Å². The van der Waals surface area contributed by atoms with Crippen LogP contribution in [-0.4, -0.2) is 48.2 Å². The molecule has 6 nitrogen and oxygen atoms in total. The minimum atomic E-state index is -0.585. The summed E-state index contributed by atoms with van der Waals surface area (Å²) in [7, 11) is 0. The zero-order valence-corrected chi connectivity index (χ0v) is 17.1. The Bertz CT molecular complexity index is 738. The van der Waals surface area contributed by atoms with E-state index in [2.05, 4.69) is 5.32 Å². The van der Waals surface area contributed by atoms with Gasteiger partial charge >= 0.3 is 6.09 Å². The molecule has 1 saturated heterocycles. The number of fused-ring (bicyclic) bond motifs is 1. The predicted octanol–water partition coefficient (Wildman–Crippen LogP) is 3.62. The molecule has 0 bridgehead atoms. The molecule has 3 atom stereocenters. The van der Waals surface area contributed by atoms with Crippen molar-refractivity contribution >= 4 is 23.6 Å². The van der Waals surface area contributed by atoms with Gasteiger partial charge in [0.15, 0.2) is 6.61 Å². The number of benzene rings is 1. The summed E-state index contributed by atoms with van der Waals surface area (Å²) < 4.78 is 24.1. The third-order valence-corrected chi connectivity index (χ3v) is 5.34. The van der Waals surface area contributed by atoms with E-state index in [1.54, 1.807) is 4.90 Å². The molecule has 8 heteroatoms. The Morgan fingerprint density at radius 3 is 2.46 bits per heavy atom. The summed E-state index contributed by atoms with van der Waals surface area (Å²) in [6, 6.07) is 4.12. The Morgan fingerprint density at radius 1 is 1.25 bits per heavy atom. The van der Waals surface area contributed by atoms with E-state index in [1.165, 1.54) is 12.1 Å². The number of nitrogens with zero attached hydrogens (tertiary/aromatic N) is 1. The molecule has 0 spiro atoms. The first-order valence-corrected chi connectivity index (χ1v) is 9.83. The third kappa shape index (κ3) is 5.28. The molecule has 1 N–H and O–H groups in total. The maximum absolute atomic E-state index is 13.4. The molecule has 154 valence electrons. The summed E-state index contributed by atoms with van der Waals surface area (Å²) in [5.41, 5.74) is -0.502. The maximum atomic E-state index is 13.4. The van der Waals surface area contributed by atoms with Crippen LogP contribution in [0.25, 0.3) is 0 Å². The average molecular weight is 413 g/mol. The zero-order chi connectivity index (χ0) is 20.5. The summed E-state index contributed by atoms with van der Waals surface area (Å²) in [5, 5.41) is 2.98. The molecule has 1 heterocycles. The van der Waals surface area contributed by atoms with Crippen LogP contribution in [0.15, 0.2) is 18.2 Å². The van der Waals surface area contributed by atoms with E-state index in [0.717, 1.165) is 18.9 Å². The number of carbonyl (C=O) groups is 2. The molecule has 1 saturated carbocycles. The summed E-state index contributed by atoms with van der Waals surface area (Å²) in [5.74, 6) is 0.156. The Hall–Kier alpha value is -2.02. The topological polar surface area (TPSA) is 67.9 Å². The number of carbonyl (C=O) groups excluding carboxylic acids is 2. The lowest BCUT2D eigenvalue weighted by Crippen LogP contribution is -2.39. The first kappa shape index (κ1) is 20.7. The van der Waals surface area contributed by atoms with Gasteiger partial charge in [-0.25, -0.2) is 9.18 Å². The summed E-state index contributed by atoms with van der Waals surface area (Å²) in [6.45, 7) is 6.70. The Kier molecular flexibility index (Phi) is 6.03. The van der Waals surface area contributed by atoms with E-state index in [9.17, 15) is 14.0 Å². The van der Waals surface area contributed by atoms with Crippen LogP contribution in [-0.2, 0) is 9.53 Å². The highest BCUT2D eigenvalue weighted by Gasteiger charge is 2.43. The predicted molar refractivity (Wildman–Crippen MR) is 103 cm³/mol. The highest BCUT2D eigenvalue weighted by Crippen LogP contribution is 2.38. The maximum Gasteiger partial charge on any atom is 0.410 e. The number of hydrogen-bond acceptors (Lipinski definition) is 4. The largest absolute Gasteiger partial charge is 0.484 e. The average Bonchev–Trinajstić information content (AvgIpc) is 3.13. The fourth-order valence-electron chi connectivity index (χ4n) is 3.88. The van der Waals surface area contributed by atoms with Crippen molar-refractivity contribution in [1.82, 2.24) is 10.2 Å². The Morgan fingerprint density at radius 2 is 1.89 bits per heavy atom. The molecule has 2 fully saturated rings. The first-order chi connectivity index (χ1) is 13.1. The number of halogens is 2. The number of rotatable bonds is 4. The van der Waals surface area contributed by atoms with Gasteiger partial charge in [-0.15, -0.1) is 0 Å². The minimum Gasteiger partial charge on any atom is -0.484 e. The molecule has 1 aliphatic carbocycles. The van der Waals surface area contributed by atoms with E-state index >= 15 is 0 Å². The second-order valence-corrected chi connectivity index (χ2v) is 8.91. The van der Waals surface area contributed by atoms with Crippen LogP contribution in [0.3, 0.4) is 0 Å². The second kappa shape index (κ2) is 8.15. The monoisotopic (exact) mass is 412 g/mol. The number of hydrogen-bond donors (Lipinski definition) is 1. The van der Waals surface area contributed by atoms with Gasteiger partial charge in [0.05, 0.1) is 5.02 Å². The number of likely N-dealkylation sites (tertiary alicyclic amines) is 1. The van der Waals surface area contributed by atoms with Crippen LogP contribution in [0.4, 0.5) is 9.18 Å². The van der Waals surface area contributed by atoms with Crippen molar-refractivity contribution in [1.29, 1.82) is 0 Å². The van der Waals surface area contributed by atoms with E-state index in [0.29, 0.717) is 24.9 Å². The minimum absolute atomic E-state index is 0.00900. The quantitative estimate of drug-likeness (QED) is 0.820. The zero-order valence-electron chi connectivity index (χ0n) is 16.3. The fourth-order valence-corrected chi connectivity index (χ4v) is 4.00. The molecule has 28 heavy (non-hydrogen) atoms. The molecular weight excluding hydrogens is 387 g/mol. The number of amides is 2. The van der Waals surface area contributed by atoms with E-state index in [-0.39, 0.29) is 35.4 Å². The third-order valence-electron chi connectivity index (χ3n) is 5.03. The first-order valence-electron chi connectivity index (χ1n) is 9.46. The lowest BCUT2D eigenvalue weighted by atomic mass is 10.0. The Balaban J connectivity index is 1.42. The van der Waals surface area contributed by atoms with Gasteiger partial charge in [0.1, 0.15) is 17.2 Å². The summed E-state index contributed by atoms with van der Waals surface area (Å²) in [4.78, 5) is 26.1. The van der Waals surface area contributed by atoms with Gasteiger partial charge in [0.25, 0.3) is 5.91 Å². The van der Waals surface area contributed by atoms with Crippen LogP contribution in [0.2, 0.25) is 5.02 Å². The lowest BCUT2D eigenvalue weighted by Gasteiger charge is -2.25. The molecule has 3 rings (SSSR count). The van der Waals surface area contributed by atoms with Crippen molar-refractivity contribution in [2.24, 2.45) is 11.8 Å². The van der Waals surface area contributed by atoms with Crippen molar-refractivity contribution in [2.75, 3.05) is 19.7 Å². The smallest absolute Gasteiger partial charge is 0.410 e. The fraction of sp³-hybridized carbons (Fsp3) is 0.600. The van der Waals surface area contributed by atoms with Crippen LogP contribution in [0, 0.1) is 17.7 Å². The standard InChI is InChI=1S/C20H26ClFN2O4/c1-20(2,3)28-19(26)24-9-12-6-14(7-13(12)10-24)23-18(25)11-27-15-4-5-16(21)17(22)8-15/h4-5,8,12-14H,6-7,9-11H2,1-3H3,(H,23,25)/t12-,13+,14+. The van der Waals surface area contributed by atoms with Gasteiger partial charge < -0.3 is 19.7 Å². The normalized spacial score (nSPS) is 24.0. The van der Waals surface area contributed by atoms with Crippen molar-refractivity contribution in [3.63, 3.8) is 0 Å².